The van der Waals surface area contributed by atoms with Crippen molar-refractivity contribution in [3.8, 4) is 0 Å². The van der Waals surface area contributed by atoms with E-state index in [0.717, 1.165) is 32.1 Å². The van der Waals surface area contributed by atoms with Crippen molar-refractivity contribution in [2.24, 2.45) is 45.3 Å². The highest BCUT2D eigenvalue weighted by molar-refractivity contribution is 5.87. The standard InChI is InChI=1S/C30H50O5/c1-25(2)19-9-13-28(6)20(27(19,5)12-10-21(25)32)16-18(31)24-17(15-23(34)30(24,28)8)29(7)14-11-22(33)26(3,4)35-29/h17-21,23-24,31-32,34H,9-16H2,1-8H3/t17-,18+,19-,20+,21-,23-,24-,27-,28+,29+,30+/m0/s1. The van der Waals surface area contributed by atoms with Gasteiger partial charge in [0.05, 0.1) is 23.9 Å². The summed E-state index contributed by atoms with van der Waals surface area (Å²) in [5, 5.41) is 34.7. The van der Waals surface area contributed by atoms with E-state index in [0.29, 0.717) is 31.1 Å². The second kappa shape index (κ2) is 7.55. The molecule has 0 spiro atoms. The number of fused-ring (bicyclic) bond motifs is 5. The van der Waals surface area contributed by atoms with Crippen LogP contribution in [0.25, 0.3) is 0 Å². The summed E-state index contributed by atoms with van der Waals surface area (Å²) in [4.78, 5) is 12.5. The van der Waals surface area contributed by atoms with Crippen LogP contribution in [-0.4, -0.2) is 50.6 Å². The van der Waals surface area contributed by atoms with Crippen LogP contribution in [0.1, 0.15) is 107 Å². The molecule has 5 fully saturated rings. The molecule has 5 rings (SSSR count). The Hall–Kier alpha value is -0.490. The minimum atomic E-state index is -0.830. The van der Waals surface area contributed by atoms with E-state index in [1.165, 1.54) is 0 Å². The molecule has 0 radical (unpaired) electrons. The topological polar surface area (TPSA) is 87.0 Å². The first kappa shape index (κ1) is 26.1. The average molecular weight is 491 g/mol. The summed E-state index contributed by atoms with van der Waals surface area (Å²) in [5.74, 6) is 0.793. The third kappa shape index (κ3) is 3.17. The van der Waals surface area contributed by atoms with Crippen LogP contribution in [0.2, 0.25) is 0 Å². The molecule has 200 valence electrons. The second-order valence-electron chi connectivity index (χ2n) is 15.3. The number of aliphatic hydroxyl groups is 3. The lowest BCUT2D eigenvalue weighted by atomic mass is 9.35. The average Bonchev–Trinajstić information content (AvgIpc) is 3.04. The van der Waals surface area contributed by atoms with E-state index in [1.54, 1.807) is 0 Å². The second-order valence-corrected chi connectivity index (χ2v) is 15.3. The molecule has 4 aliphatic carbocycles. The van der Waals surface area contributed by atoms with E-state index in [4.69, 9.17) is 4.74 Å². The van der Waals surface area contributed by atoms with E-state index < -0.39 is 28.8 Å². The molecule has 0 unspecified atom stereocenters. The van der Waals surface area contributed by atoms with E-state index in [9.17, 15) is 20.1 Å². The summed E-state index contributed by atoms with van der Waals surface area (Å²) in [6, 6.07) is 0. The van der Waals surface area contributed by atoms with Crippen LogP contribution >= 0.6 is 0 Å². The Kier molecular flexibility index (Phi) is 5.63. The predicted octanol–water partition coefficient (Wildman–Crippen LogP) is 4.89. The maximum absolute atomic E-state index is 12.5. The van der Waals surface area contributed by atoms with Gasteiger partial charge in [-0.1, -0.05) is 34.6 Å². The molecule has 0 aromatic rings. The number of Topliss-reactive ketones (excluding diaryl/α,β-unsaturated/α-hetero) is 1. The molecule has 3 N–H and O–H groups in total. The number of hydrogen-bond donors (Lipinski definition) is 3. The molecule has 1 aliphatic heterocycles. The smallest absolute Gasteiger partial charge is 0.164 e. The van der Waals surface area contributed by atoms with Crippen molar-refractivity contribution in [3.05, 3.63) is 0 Å². The highest BCUT2D eigenvalue weighted by atomic mass is 16.5. The molecule has 1 heterocycles. The fourth-order valence-electron chi connectivity index (χ4n) is 11.0. The molecular formula is C30H50O5. The van der Waals surface area contributed by atoms with Gasteiger partial charge in [-0.3, -0.25) is 4.79 Å². The van der Waals surface area contributed by atoms with Crippen LogP contribution in [-0.2, 0) is 9.53 Å². The zero-order chi connectivity index (χ0) is 26.0. The first-order chi connectivity index (χ1) is 15.9. The minimum Gasteiger partial charge on any atom is -0.393 e. The van der Waals surface area contributed by atoms with Crippen molar-refractivity contribution in [1.82, 2.24) is 0 Å². The van der Waals surface area contributed by atoms with E-state index in [2.05, 4.69) is 41.5 Å². The van der Waals surface area contributed by atoms with Gasteiger partial charge in [0.2, 0.25) is 0 Å². The number of ketones is 1. The van der Waals surface area contributed by atoms with Crippen molar-refractivity contribution >= 4 is 5.78 Å². The van der Waals surface area contributed by atoms with Gasteiger partial charge in [0.1, 0.15) is 5.60 Å². The molecule has 5 heteroatoms. The fourth-order valence-corrected chi connectivity index (χ4v) is 11.0. The Morgan fingerprint density at radius 3 is 2.09 bits per heavy atom. The number of hydrogen-bond acceptors (Lipinski definition) is 5. The summed E-state index contributed by atoms with van der Waals surface area (Å²) >= 11 is 0. The third-order valence-corrected chi connectivity index (χ3v) is 13.2. The van der Waals surface area contributed by atoms with Crippen molar-refractivity contribution < 1.29 is 24.9 Å². The lowest BCUT2D eigenvalue weighted by Crippen LogP contribution is -2.68. The van der Waals surface area contributed by atoms with E-state index >= 15 is 0 Å². The zero-order valence-electron chi connectivity index (χ0n) is 23.4. The molecule has 11 atom stereocenters. The lowest BCUT2D eigenvalue weighted by molar-refractivity contribution is -0.264. The molecule has 0 bridgehead atoms. The number of carbonyl (C=O) groups is 1. The largest absolute Gasteiger partial charge is 0.393 e. The van der Waals surface area contributed by atoms with Crippen molar-refractivity contribution in [2.75, 3.05) is 0 Å². The Morgan fingerprint density at radius 2 is 1.46 bits per heavy atom. The Balaban J connectivity index is 1.55. The summed E-state index contributed by atoms with van der Waals surface area (Å²) in [6.07, 6.45) is 5.06. The highest BCUT2D eigenvalue weighted by Gasteiger charge is 2.74. The normalized spacial score (nSPS) is 57.2. The monoisotopic (exact) mass is 490 g/mol. The molecule has 0 amide bonds. The maximum atomic E-state index is 12.5. The van der Waals surface area contributed by atoms with Crippen LogP contribution in [0.15, 0.2) is 0 Å². The first-order valence-corrected chi connectivity index (χ1v) is 14.2. The van der Waals surface area contributed by atoms with Crippen LogP contribution < -0.4 is 0 Å². The van der Waals surface area contributed by atoms with Crippen molar-refractivity contribution in [3.63, 3.8) is 0 Å². The summed E-state index contributed by atoms with van der Waals surface area (Å²) < 4.78 is 6.56. The van der Waals surface area contributed by atoms with Gasteiger partial charge in [-0.2, -0.15) is 0 Å². The minimum absolute atomic E-state index is 0.0119. The lowest BCUT2D eigenvalue weighted by Gasteiger charge is -2.71. The van der Waals surface area contributed by atoms with Crippen molar-refractivity contribution in [2.45, 2.75) is 136 Å². The van der Waals surface area contributed by atoms with Crippen LogP contribution in [0, 0.1) is 45.3 Å². The van der Waals surface area contributed by atoms with Gasteiger partial charge in [0.25, 0.3) is 0 Å². The number of carbonyl (C=O) groups excluding carboxylic acids is 1. The number of ether oxygens (including phenoxy) is 1. The zero-order valence-corrected chi connectivity index (χ0v) is 23.4. The Bertz CT molecular complexity index is 897. The predicted molar refractivity (Wildman–Crippen MR) is 136 cm³/mol. The van der Waals surface area contributed by atoms with Gasteiger partial charge in [-0.05, 0) is 106 Å². The van der Waals surface area contributed by atoms with Gasteiger partial charge >= 0.3 is 0 Å². The fraction of sp³-hybridized carbons (Fsp3) is 0.967. The molecule has 0 aromatic carbocycles. The van der Waals surface area contributed by atoms with Crippen molar-refractivity contribution in [1.29, 1.82) is 0 Å². The molecule has 1 saturated heterocycles. The van der Waals surface area contributed by atoms with Gasteiger partial charge < -0.3 is 20.1 Å². The number of aliphatic hydroxyl groups excluding tert-OH is 3. The first-order valence-electron chi connectivity index (χ1n) is 14.2. The maximum Gasteiger partial charge on any atom is 0.164 e. The van der Waals surface area contributed by atoms with Crippen LogP contribution in [0.5, 0.6) is 0 Å². The quantitative estimate of drug-likeness (QED) is 0.487. The van der Waals surface area contributed by atoms with E-state index in [1.807, 2.05) is 13.8 Å². The van der Waals surface area contributed by atoms with Crippen LogP contribution in [0.4, 0.5) is 0 Å². The summed E-state index contributed by atoms with van der Waals surface area (Å²) in [5.41, 5.74) is -2.01. The van der Waals surface area contributed by atoms with Gasteiger partial charge in [-0.15, -0.1) is 0 Å². The SMILES string of the molecule is CC1(C)O[C@@](C)([C@H]2C[C@H](O)[C@]3(C)[C@@H]2[C@H](O)C[C@@H]2[C@@]4(C)CC[C@H](O)C(C)(C)[C@@H]4CC[C@]23C)CCC1=O. The Morgan fingerprint density at radius 1 is 0.800 bits per heavy atom. The summed E-state index contributed by atoms with van der Waals surface area (Å²) in [7, 11) is 0. The molecule has 5 nitrogen and oxygen atoms in total. The summed E-state index contributed by atoms with van der Waals surface area (Å²) in [6.45, 7) is 17.4. The highest BCUT2D eigenvalue weighted by Crippen LogP contribution is 2.76. The van der Waals surface area contributed by atoms with E-state index in [-0.39, 0.29) is 40.0 Å². The Labute approximate surface area is 212 Å². The molecule has 4 saturated carbocycles. The number of rotatable bonds is 1. The molecule has 35 heavy (non-hydrogen) atoms. The third-order valence-electron chi connectivity index (χ3n) is 13.2. The molecule has 5 aliphatic rings. The van der Waals surface area contributed by atoms with Gasteiger partial charge in [0.15, 0.2) is 5.78 Å². The van der Waals surface area contributed by atoms with Gasteiger partial charge in [-0.25, -0.2) is 0 Å². The van der Waals surface area contributed by atoms with Crippen LogP contribution in [0.3, 0.4) is 0 Å². The molecular weight excluding hydrogens is 440 g/mol. The molecule has 0 aromatic heterocycles. The van der Waals surface area contributed by atoms with Gasteiger partial charge in [0, 0.05) is 11.8 Å².